The summed E-state index contributed by atoms with van der Waals surface area (Å²) in [6, 6.07) is 8.48. The number of ether oxygens (including phenoxy) is 1. The van der Waals surface area contributed by atoms with Crippen LogP contribution in [0.25, 0.3) is 10.9 Å². The quantitative estimate of drug-likeness (QED) is 0.732. The molecule has 162 valence electrons. The number of nitrogens with one attached hydrogen (secondary N) is 2. The molecule has 4 aliphatic rings. The zero-order valence-electron chi connectivity index (χ0n) is 17.7. The Labute approximate surface area is 182 Å². The predicted octanol–water partition coefficient (Wildman–Crippen LogP) is 2.94. The maximum atomic E-state index is 13.4. The monoisotopic (exact) mass is 419 g/mol. The van der Waals surface area contributed by atoms with Gasteiger partial charge in [-0.1, -0.05) is 49.6 Å². The predicted molar refractivity (Wildman–Crippen MR) is 117 cm³/mol. The smallest absolute Gasteiger partial charge is 0.230 e. The minimum Gasteiger partial charge on any atom is -0.361 e. The van der Waals surface area contributed by atoms with E-state index in [1.165, 1.54) is 30.2 Å². The number of benzene rings is 1. The molecule has 4 atom stereocenters. The van der Waals surface area contributed by atoms with Gasteiger partial charge >= 0.3 is 0 Å². The molecule has 2 bridgehead atoms. The molecule has 2 saturated heterocycles. The summed E-state index contributed by atoms with van der Waals surface area (Å²) in [7, 11) is 0. The van der Waals surface area contributed by atoms with E-state index < -0.39 is 17.4 Å². The summed E-state index contributed by atoms with van der Waals surface area (Å²) in [4.78, 5) is 31.8. The molecule has 3 fully saturated rings. The molecule has 1 saturated carbocycles. The van der Waals surface area contributed by atoms with Crippen LogP contribution >= 0.6 is 0 Å². The normalized spacial score (nSPS) is 32.2. The van der Waals surface area contributed by atoms with E-state index in [1.807, 2.05) is 35.4 Å². The molecule has 4 heterocycles. The molecule has 1 aliphatic carbocycles. The first-order valence-corrected chi connectivity index (χ1v) is 11.7. The van der Waals surface area contributed by atoms with Crippen LogP contribution in [-0.2, 0) is 20.7 Å². The van der Waals surface area contributed by atoms with Gasteiger partial charge in [0.25, 0.3) is 0 Å². The van der Waals surface area contributed by atoms with E-state index in [0.29, 0.717) is 13.1 Å². The van der Waals surface area contributed by atoms with E-state index in [0.717, 1.165) is 24.8 Å². The first kappa shape index (κ1) is 19.1. The Morgan fingerprint density at radius 3 is 2.94 bits per heavy atom. The van der Waals surface area contributed by atoms with Gasteiger partial charge in [-0.3, -0.25) is 9.59 Å². The molecule has 6 nitrogen and oxygen atoms in total. The fraction of sp³-hybridized carbons (Fsp3) is 0.520. The summed E-state index contributed by atoms with van der Waals surface area (Å²) in [6.07, 6.45) is 12.3. The summed E-state index contributed by atoms with van der Waals surface area (Å²) in [5, 5.41) is 4.44. The Kier molecular flexibility index (Phi) is 4.46. The number of fused-ring (bicyclic) bond motifs is 2. The van der Waals surface area contributed by atoms with Crippen molar-refractivity contribution in [3.63, 3.8) is 0 Å². The number of hydrogen-bond acceptors (Lipinski definition) is 3. The summed E-state index contributed by atoms with van der Waals surface area (Å²) in [5.74, 6) is -0.734. The molecule has 3 aliphatic heterocycles. The lowest BCUT2D eigenvalue weighted by Crippen LogP contribution is -2.47. The van der Waals surface area contributed by atoms with E-state index in [2.05, 4.69) is 22.4 Å². The molecule has 1 aromatic carbocycles. The number of H-pyrrole nitrogens is 1. The molecular formula is C25H29N3O3. The minimum atomic E-state index is -0.628. The fourth-order valence-electron chi connectivity index (χ4n) is 6.21. The van der Waals surface area contributed by atoms with Crippen LogP contribution in [0, 0.1) is 11.8 Å². The van der Waals surface area contributed by atoms with E-state index in [1.54, 1.807) is 0 Å². The number of aromatic amines is 1. The number of rotatable bonds is 5. The van der Waals surface area contributed by atoms with Gasteiger partial charge in [0.1, 0.15) is 5.60 Å². The minimum absolute atomic E-state index is 0.0000430. The van der Waals surface area contributed by atoms with Crippen molar-refractivity contribution in [1.29, 1.82) is 0 Å². The van der Waals surface area contributed by atoms with Crippen LogP contribution in [0.5, 0.6) is 0 Å². The molecule has 6 rings (SSSR count). The third-order valence-corrected chi connectivity index (χ3v) is 7.76. The number of nitrogens with zero attached hydrogens (tertiary/aromatic N) is 1. The van der Waals surface area contributed by atoms with Gasteiger partial charge < -0.3 is 19.9 Å². The molecule has 31 heavy (non-hydrogen) atoms. The van der Waals surface area contributed by atoms with Gasteiger partial charge in [0, 0.05) is 29.7 Å². The molecule has 2 aromatic rings. The summed E-state index contributed by atoms with van der Waals surface area (Å²) in [6.45, 7) is 1.18. The number of hydrogen-bond donors (Lipinski definition) is 2. The summed E-state index contributed by atoms with van der Waals surface area (Å²) >= 11 is 0. The third-order valence-electron chi connectivity index (χ3n) is 7.76. The van der Waals surface area contributed by atoms with Crippen LogP contribution in [0.15, 0.2) is 42.6 Å². The first-order chi connectivity index (χ1) is 15.1. The second kappa shape index (κ2) is 7.23. The van der Waals surface area contributed by atoms with Crippen LogP contribution in [0.2, 0.25) is 0 Å². The van der Waals surface area contributed by atoms with Crippen molar-refractivity contribution >= 4 is 22.7 Å². The number of carbonyl (C=O) groups excluding carboxylic acids is 2. The molecule has 1 aromatic heterocycles. The van der Waals surface area contributed by atoms with Crippen LogP contribution in [-0.4, -0.2) is 52.5 Å². The average Bonchev–Trinajstić information content (AvgIpc) is 3.53. The van der Waals surface area contributed by atoms with Gasteiger partial charge in [-0.05, 0) is 30.9 Å². The van der Waals surface area contributed by atoms with Crippen molar-refractivity contribution in [2.24, 2.45) is 11.8 Å². The number of amides is 2. The standard InChI is InChI=1S/C25H29N3O3/c29-23(27-17-6-2-1-3-7-17)21-20-10-12-25(31-20)15-28(24(30)22(21)25)13-11-16-14-26-19-9-5-4-8-18(16)19/h4-5,8-10,12,14,17,20-22,26H,1-3,6-7,11,13,15H2,(H,27,29)/t20-,21+,22-,25+/m1/s1. The zero-order valence-corrected chi connectivity index (χ0v) is 17.7. The van der Waals surface area contributed by atoms with Crippen LogP contribution < -0.4 is 5.32 Å². The largest absolute Gasteiger partial charge is 0.361 e. The SMILES string of the molecule is O=C(NC1CCCCC1)[C@H]1[C@H]2C=C[C@@]3(CN(CCc4c[nH]c5ccccc45)C(=O)[C@@H]13)O2. The van der Waals surface area contributed by atoms with Gasteiger partial charge in [-0.25, -0.2) is 0 Å². The van der Waals surface area contributed by atoms with E-state index in [9.17, 15) is 9.59 Å². The Balaban J connectivity index is 1.17. The lowest BCUT2D eigenvalue weighted by Gasteiger charge is -2.28. The van der Waals surface area contributed by atoms with Crippen LogP contribution in [0.1, 0.15) is 37.7 Å². The van der Waals surface area contributed by atoms with Crippen molar-refractivity contribution in [3.05, 3.63) is 48.2 Å². The van der Waals surface area contributed by atoms with Crippen LogP contribution in [0.4, 0.5) is 0 Å². The van der Waals surface area contributed by atoms with E-state index >= 15 is 0 Å². The van der Waals surface area contributed by atoms with E-state index in [4.69, 9.17) is 4.74 Å². The van der Waals surface area contributed by atoms with Gasteiger partial charge in [-0.2, -0.15) is 0 Å². The van der Waals surface area contributed by atoms with Gasteiger partial charge in [-0.15, -0.1) is 0 Å². The Bertz CT molecular complexity index is 1050. The third kappa shape index (κ3) is 3.03. The average molecular weight is 420 g/mol. The van der Waals surface area contributed by atoms with Crippen molar-refractivity contribution in [2.75, 3.05) is 13.1 Å². The highest BCUT2D eigenvalue weighted by molar-refractivity contribution is 5.93. The van der Waals surface area contributed by atoms with Crippen molar-refractivity contribution in [1.82, 2.24) is 15.2 Å². The maximum Gasteiger partial charge on any atom is 0.230 e. The summed E-state index contributed by atoms with van der Waals surface area (Å²) < 4.78 is 6.27. The van der Waals surface area contributed by atoms with Gasteiger partial charge in [0.15, 0.2) is 0 Å². The Morgan fingerprint density at radius 2 is 2.06 bits per heavy atom. The highest BCUT2D eigenvalue weighted by Gasteiger charge is 2.66. The number of likely N-dealkylation sites (tertiary alicyclic amines) is 1. The lowest BCUT2D eigenvalue weighted by molar-refractivity contribution is -0.137. The Hall–Kier alpha value is -2.60. The lowest BCUT2D eigenvalue weighted by atomic mass is 9.76. The first-order valence-electron chi connectivity index (χ1n) is 11.7. The van der Waals surface area contributed by atoms with Crippen molar-refractivity contribution in [3.8, 4) is 0 Å². The highest BCUT2D eigenvalue weighted by atomic mass is 16.5. The molecule has 2 amide bonds. The molecule has 0 unspecified atom stereocenters. The van der Waals surface area contributed by atoms with Crippen LogP contribution in [0.3, 0.4) is 0 Å². The van der Waals surface area contributed by atoms with Gasteiger partial charge in [0.2, 0.25) is 11.8 Å². The van der Waals surface area contributed by atoms with Crippen molar-refractivity contribution in [2.45, 2.75) is 56.3 Å². The molecular weight excluding hydrogens is 390 g/mol. The Morgan fingerprint density at radius 1 is 1.23 bits per heavy atom. The highest BCUT2D eigenvalue weighted by Crippen LogP contribution is 2.52. The molecule has 1 spiro atoms. The second-order valence-electron chi connectivity index (χ2n) is 9.61. The molecule has 0 radical (unpaired) electrons. The van der Waals surface area contributed by atoms with Crippen molar-refractivity contribution < 1.29 is 14.3 Å². The fourth-order valence-corrected chi connectivity index (χ4v) is 6.21. The number of carbonyl (C=O) groups is 2. The topological polar surface area (TPSA) is 74.4 Å². The zero-order chi connectivity index (χ0) is 21.0. The second-order valence-corrected chi connectivity index (χ2v) is 9.61. The number of para-hydroxylation sites is 1. The summed E-state index contributed by atoms with van der Waals surface area (Å²) in [5.41, 5.74) is 1.70. The molecule has 6 heteroatoms. The molecule has 2 N–H and O–H groups in total. The number of aromatic nitrogens is 1. The van der Waals surface area contributed by atoms with E-state index in [-0.39, 0.29) is 24.0 Å². The van der Waals surface area contributed by atoms with Gasteiger partial charge in [0.05, 0.1) is 24.5 Å². The maximum absolute atomic E-state index is 13.4.